The Labute approximate surface area is 153 Å². The van der Waals surface area contributed by atoms with Gasteiger partial charge in [0.2, 0.25) is 0 Å². The smallest absolute Gasteiger partial charge is 0.460 e. The number of rotatable bonds is 9. The average Bonchev–Trinajstić information content (AvgIpc) is 2.49. The number of ether oxygens (including phenoxy) is 1. The zero-order valence-electron chi connectivity index (χ0n) is 14.0. The van der Waals surface area contributed by atoms with Gasteiger partial charge < -0.3 is 10.5 Å². The van der Waals surface area contributed by atoms with E-state index in [9.17, 15) is 61.9 Å². The highest BCUT2D eigenvalue weighted by Gasteiger charge is 2.90. The van der Waals surface area contributed by atoms with Gasteiger partial charge in [0.1, 0.15) is 0 Å². The van der Waals surface area contributed by atoms with Gasteiger partial charge in [-0.1, -0.05) is 0 Å². The molecule has 2 N–H and O–H groups in total. The highest BCUT2D eigenvalue weighted by Crippen LogP contribution is 2.60. The molecule has 0 spiro atoms. The van der Waals surface area contributed by atoms with Crippen LogP contribution in [-0.4, -0.2) is 48.4 Å². The molecule has 0 bridgehead atoms. The summed E-state index contributed by atoms with van der Waals surface area (Å²) in [5, 5.41) is 0. The molecule has 172 valence electrons. The number of esters is 1. The fraction of sp³-hybridized carbons (Fsp3) is 0.769. The van der Waals surface area contributed by atoms with Gasteiger partial charge in [-0.15, -0.1) is 0 Å². The monoisotopic (exact) mass is 461 g/mol. The first-order valence-corrected chi connectivity index (χ1v) is 7.12. The second-order valence-electron chi connectivity index (χ2n) is 5.66. The third-order valence-electron chi connectivity index (χ3n) is 3.22. The van der Waals surface area contributed by atoms with Gasteiger partial charge in [0, 0.05) is 18.2 Å². The van der Waals surface area contributed by atoms with Crippen molar-refractivity contribution in [2.45, 2.75) is 55.6 Å². The number of hydrogen-bond acceptors (Lipinski definition) is 3. The highest BCUT2D eigenvalue weighted by atomic mass is 19.4. The van der Waals surface area contributed by atoms with Crippen LogP contribution < -0.4 is 5.73 Å². The molecule has 3 nitrogen and oxygen atoms in total. The summed E-state index contributed by atoms with van der Waals surface area (Å²) in [6.07, 6.45) is -10.7. The summed E-state index contributed by atoms with van der Waals surface area (Å²) in [6, 6.07) is 0. The summed E-state index contributed by atoms with van der Waals surface area (Å²) < 4.78 is 171. The van der Waals surface area contributed by atoms with Crippen LogP contribution in [0.15, 0.2) is 11.8 Å². The van der Waals surface area contributed by atoms with Gasteiger partial charge in [-0.25, -0.2) is 4.79 Å². The summed E-state index contributed by atoms with van der Waals surface area (Å²) in [5.74, 6) is -38.3. The van der Waals surface area contributed by atoms with E-state index in [1.165, 1.54) is 6.92 Å². The molecule has 0 aromatic carbocycles. The van der Waals surface area contributed by atoms with E-state index in [-0.39, 0.29) is 5.70 Å². The third-order valence-corrected chi connectivity index (χ3v) is 3.22. The molecule has 0 unspecified atom stereocenters. The maximum absolute atomic E-state index is 13.4. The molecule has 0 heterocycles. The van der Waals surface area contributed by atoms with Crippen LogP contribution in [0, 0.1) is 0 Å². The van der Waals surface area contributed by atoms with Crippen molar-refractivity contribution in [3.05, 3.63) is 11.8 Å². The zero-order valence-corrected chi connectivity index (χ0v) is 14.0. The number of allylic oxidation sites excluding steroid dienone is 1. The maximum Gasteiger partial charge on any atom is 0.460 e. The molecule has 0 saturated carbocycles. The summed E-state index contributed by atoms with van der Waals surface area (Å²) in [6.45, 7) is 0.0317. The lowest BCUT2D eigenvalue weighted by atomic mass is 9.92. The van der Waals surface area contributed by atoms with Crippen molar-refractivity contribution in [1.29, 1.82) is 0 Å². The number of hydrogen-bond donors (Lipinski definition) is 1. The maximum atomic E-state index is 13.4. The first-order valence-electron chi connectivity index (χ1n) is 7.12. The number of alkyl halides is 13. The Morgan fingerprint density at radius 3 is 1.59 bits per heavy atom. The third kappa shape index (κ3) is 4.99. The molecule has 0 aromatic heterocycles. The Bertz CT molecular complexity index is 621. The predicted molar refractivity (Wildman–Crippen MR) is 68.9 cm³/mol. The minimum absolute atomic E-state index is 0.140. The molecule has 29 heavy (non-hydrogen) atoms. The van der Waals surface area contributed by atoms with Crippen LogP contribution in [0.2, 0.25) is 0 Å². The van der Waals surface area contributed by atoms with E-state index >= 15 is 0 Å². The van der Waals surface area contributed by atoms with E-state index in [0.29, 0.717) is 6.08 Å². The normalized spacial score (nSPS) is 15.4. The first-order chi connectivity index (χ1) is 12.6. The van der Waals surface area contributed by atoms with Crippen molar-refractivity contribution >= 4 is 5.97 Å². The van der Waals surface area contributed by atoms with Gasteiger partial charge in [-0.05, 0) is 13.3 Å². The van der Waals surface area contributed by atoms with Crippen molar-refractivity contribution in [2.24, 2.45) is 5.73 Å². The van der Waals surface area contributed by atoms with Crippen molar-refractivity contribution < 1.29 is 66.6 Å². The Kier molecular flexibility index (Phi) is 7.55. The summed E-state index contributed by atoms with van der Waals surface area (Å²) in [4.78, 5) is 10.9. The lowest BCUT2D eigenvalue weighted by molar-refractivity contribution is -0.440. The highest BCUT2D eigenvalue weighted by molar-refractivity contribution is 5.82. The number of halogens is 13. The second kappa shape index (κ2) is 8.08. The molecular formula is C13H12F13NO2. The molecule has 0 atom stereocenters. The van der Waals surface area contributed by atoms with Crippen molar-refractivity contribution in [3.63, 3.8) is 0 Å². The largest absolute Gasteiger partial charge is 0.462 e. The second-order valence-corrected chi connectivity index (χ2v) is 5.66. The van der Waals surface area contributed by atoms with Crippen LogP contribution in [0.1, 0.15) is 19.8 Å². The molecule has 0 aliphatic carbocycles. The zero-order chi connectivity index (χ0) is 23.7. The number of carbonyl (C=O) groups excluding carboxylic acids is 1. The molecule has 0 aliphatic rings. The van der Waals surface area contributed by atoms with Crippen LogP contribution in [0.4, 0.5) is 57.1 Å². The molecule has 0 aromatic rings. The van der Waals surface area contributed by atoms with Gasteiger partial charge in [0.05, 0.1) is 6.61 Å². The Morgan fingerprint density at radius 1 is 0.793 bits per heavy atom. The number of carbonyl (C=O) groups is 1. The average molecular weight is 461 g/mol. The lowest BCUT2D eigenvalue weighted by Gasteiger charge is -2.39. The minimum atomic E-state index is -7.93. The fourth-order valence-electron chi connectivity index (χ4n) is 1.65. The molecule has 16 heteroatoms. The molecule has 0 saturated heterocycles. The lowest BCUT2D eigenvalue weighted by Crippen LogP contribution is -2.70. The van der Waals surface area contributed by atoms with Crippen LogP contribution in [-0.2, 0) is 9.53 Å². The van der Waals surface area contributed by atoms with Crippen LogP contribution in [0.3, 0.4) is 0 Å². The Hall–Kier alpha value is -1.90. The summed E-state index contributed by atoms with van der Waals surface area (Å²) in [7, 11) is 0. The predicted octanol–water partition coefficient (Wildman–Crippen LogP) is 4.91. The van der Waals surface area contributed by atoms with Gasteiger partial charge >= 0.3 is 41.8 Å². The molecule has 0 amide bonds. The van der Waals surface area contributed by atoms with E-state index in [1.54, 1.807) is 0 Å². The Balaban J connectivity index is 5.55. The van der Waals surface area contributed by atoms with Gasteiger partial charge in [-0.3, -0.25) is 0 Å². The molecular weight excluding hydrogens is 449 g/mol. The standard InChI is InChI=1S/C13H12F13NO2/c1-6(27)5-7(28)29-4-2-3-8(14,15)9(16,17)10(18,19)11(20,21)12(22,23)13(24,25)26/h5H,2-4,27H2,1H3/b6-5-. The van der Waals surface area contributed by atoms with Crippen LogP contribution in [0.5, 0.6) is 0 Å². The van der Waals surface area contributed by atoms with E-state index in [0.717, 1.165) is 0 Å². The van der Waals surface area contributed by atoms with Gasteiger partial charge in [0.15, 0.2) is 0 Å². The van der Waals surface area contributed by atoms with E-state index < -0.39 is 61.2 Å². The first kappa shape index (κ1) is 27.1. The van der Waals surface area contributed by atoms with E-state index in [2.05, 4.69) is 4.74 Å². The fourth-order valence-corrected chi connectivity index (χ4v) is 1.65. The van der Waals surface area contributed by atoms with Crippen molar-refractivity contribution in [2.75, 3.05) is 6.61 Å². The topological polar surface area (TPSA) is 52.3 Å². The SMILES string of the molecule is C/C(N)=C/C(=O)OCCCC(F)(F)C(F)(F)C(F)(F)C(F)(F)C(F)(F)C(F)(F)F. The molecule has 0 rings (SSSR count). The molecule has 0 aliphatic heterocycles. The van der Waals surface area contributed by atoms with E-state index in [1.807, 2.05) is 0 Å². The quantitative estimate of drug-likeness (QED) is 0.230. The summed E-state index contributed by atoms with van der Waals surface area (Å²) >= 11 is 0. The molecule has 0 radical (unpaired) electrons. The Morgan fingerprint density at radius 2 is 1.21 bits per heavy atom. The van der Waals surface area contributed by atoms with Crippen LogP contribution in [0.25, 0.3) is 0 Å². The molecule has 0 fully saturated rings. The summed E-state index contributed by atoms with van der Waals surface area (Å²) in [5.41, 5.74) is 4.88. The minimum Gasteiger partial charge on any atom is -0.462 e. The number of nitrogens with two attached hydrogens (primary N) is 1. The van der Waals surface area contributed by atoms with Gasteiger partial charge in [0.25, 0.3) is 0 Å². The van der Waals surface area contributed by atoms with Crippen LogP contribution >= 0.6 is 0 Å². The van der Waals surface area contributed by atoms with Crippen molar-refractivity contribution in [3.8, 4) is 0 Å². The van der Waals surface area contributed by atoms with E-state index in [4.69, 9.17) is 5.73 Å². The van der Waals surface area contributed by atoms with Gasteiger partial charge in [-0.2, -0.15) is 57.1 Å². The van der Waals surface area contributed by atoms with Crippen molar-refractivity contribution in [1.82, 2.24) is 0 Å².